The maximum Gasteiger partial charge on any atom is 0.228 e. The van der Waals surface area contributed by atoms with Gasteiger partial charge in [-0.3, -0.25) is 4.79 Å². The molecule has 2 aromatic rings. The average Bonchev–Trinajstić information content (AvgIpc) is 3.26. The van der Waals surface area contributed by atoms with Gasteiger partial charge in [-0.15, -0.1) is 5.10 Å². The maximum atomic E-state index is 12.7. The standard InChI is InChI=1S/C17H21N5O3/c23-17(13-5-9-24-11-13)21-7-3-8-22-15(10-21)14(19-20-22)12-25-16-4-1-2-6-18-16/h1-2,4,6,13H,3,5,7-12H2/t13-/m0/s1. The summed E-state index contributed by atoms with van der Waals surface area (Å²) < 4.78 is 12.9. The van der Waals surface area contributed by atoms with E-state index in [2.05, 4.69) is 15.3 Å². The Labute approximate surface area is 145 Å². The summed E-state index contributed by atoms with van der Waals surface area (Å²) in [4.78, 5) is 18.8. The molecule has 0 aromatic carbocycles. The molecule has 1 saturated heterocycles. The van der Waals surface area contributed by atoms with Crippen molar-refractivity contribution in [3.8, 4) is 5.88 Å². The number of carbonyl (C=O) groups is 1. The van der Waals surface area contributed by atoms with Crippen molar-refractivity contribution in [2.75, 3.05) is 19.8 Å². The predicted octanol–water partition coefficient (Wildman–Crippen LogP) is 1.02. The SMILES string of the molecule is O=C([C@H]1CCOC1)N1CCCn2nnc(COc3ccccn3)c2C1. The van der Waals surface area contributed by atoms with Crippen LogP contribution < -0.4 is 4.74 Å². The number of rotatable bonds is 4. The van der Waals surface area contributed by atoms with Crippen molar-refractivity contribution in [1.82, 2.24) is 24.9 Å². The molecule has 132 valence electrons. The summed E-state index contributed by atoms with van der Waals surface area (Å²) in [5, 5.41) is 8.47. The summed E-state index contributed by atoms with van der Waals surface area (Å²) in [6.45, 7) is 3.51. The highest BCUT2D eigenvalue weighted by atomic mass is 16.5. The lowest BCUT2D eigenvalue weighted by Gasteiger charge is -2.23. The van der Waals surface area contributed by atoms with Gasteiger partial charge in [-0.1, -0.05) is 11.3 Å². The van der Waals surface area contributed by atoms with E-state index in [4.69, 9.17) is 9.47 Å². The molecule has 2 aliphatic rings. The first-order chi connectivity index (χ1) is 12.3. The predicted molar refractivity (Wildman–Crippen MR) is 87.6 cm³/mol. The third-order valence-electron chi connectivity index (χ3n) is 4.64. The van der Waals surface area contributed by atoms with Crippen molar-refractivity contribution in [3.05, 3.63) is 35.8 Å². The summed E-state index contributed by atoms with van der Waals surface area (Å²) in [7, 11) is 0. The van der Waals surface area contributed by atoms with Crippen LogP contribution in [0.4, 0.5) is 0 Å². The van der Waals surface area contributed by atoms with Crippen molar-refractivity contribution in [2.24, 2.45) is 5.92 Å². The average molecular weight is 343 g/mol. The molecule has 2 aliphatic heterocycles. The van der Waals surface area contributed by atoms with E-state index in [1.807, 2.05) is 21.7 Å². The zero-order chi connectivity index (χ0) is 17.1. The van der Waals surface area contributed by atoms with E-state index in [9.17, 15) is 4.79 Å². The molecule has 0 saturated carbocycles. The molecule has 0 spiro atoms. The quantitative estimate of drug-likeness (QED) is 0.824. The molecule has 0 radical (unpaired) electrons. The smallest absolute Gasteiger partial charge is 0.228 e. The summed E-state index contributed by atoms with van der Waals surface area (Å²) >= 11 is 0. The number of pyridine rings is 1. The Bertz CT molecular complexity index is 727. The topological polar surface area (TPSA) is 82.4 Å². The van der Waals surface area contributed by atoms with Gasteiger partial charge < -0.3 is 14.4 Å². The van der Waals surface area contributed by atoms with Gasteiger partial charge in [0.25, 0.3) is 0 Å². The summed E-state index contributed by atoms with van der Waals surface area (Å²) in [5.74, 6) is 0.702. The van der Waals surface area contributed by atoms with Crippen molar-refractivity contribution in [1.29, 1.82) is 0 Å². The zero-order valence-corrected chi connectivity index (χ0v) is 14.0. The molecule has 25 heavy (non-hydrogen) atoms. The maximum absolute atomic E-state index is 12.7. The van der Waals surface area contributed by atoms with Crippen LogP contribution in [0.5, 0.6) is 5.88 Å². The van der Waals surface area contributed by atoms with Gasteiger partial charge in [0.1, 0.15) is 12.3 Å². The highest BCUT2D eigenvalue weighted by Crippen LogP contribution is 2.21. The molecule has 1 atom stereocenters. The highest BCUT2D eigenvalue weighted by molar-refractivity contribution is 5.79. The lowest BCUT2D eigenvalue weighted by molar-refractivity contribution is -0.136. The molecule has 8 nitrogen and oxygen atoms in total. The number of fused-ring (bicyclic) bond motifs is 1. The van der Waals surface area contributed by atoms with Crippen LogP contribution in [0.25, 0.3) is 0 Å². The summed E-state index contributed by atoms with van der Waals surface area (Å²) in [5.41, 5.74) is 1.70. The molecule has 0 bridgehead atoms. The number of carbonyl (C=O) groups excluding carboxylic acids is 1. The van der Waals surface area contributed by atoms with Crippen LogP contribution in [0.3, 0.4) is 0 Å². The number of hydrogen-bond donors (Lipinski definition) is 0. The largest absolute Gasteiger partial charge is 0.471 e. The monoisotopic (exact) mass is 343 g/mol. The molecule has 0 aliphatic carbocycles. The highest BCUT2D eigenvalue weighted by Gasteiger charge is 2.30. The molecule has 1 amide bonds. The summed E-state index contributed by atoms with van der Waals surface area (Å²) in [6.07, 6.45) is 3.37. The van der Waals surface area contributed by atoms with E-state index >= 15 is 0 Å². The fraction of sp³-hybridized carbons (Fsp3) is 0.529. The lowest BCUT2D eigenvalue weighted by atomic mass is 10.1. The Kier molecular flexibility index (Phi) is 4.60. The van der Waals surface area contributed by atoms with Crippen LogP contribution in [-0.4, -0.2) is 50.5 Å². The van der Waals surface area contributed by atoms with E-state index in [0.29, 0.717) is 32.2 Å². The van der Waals surface area contributed by atoms with E-state index in [-0.39, 0.29) is 11.8 Å². The van der Waals surface area contributed by atoms with Gasteiger partial charge in [-0.05, 0) is 18.9 Å². The molecule has 4 heterocycles. The van der Waals surface area contributed by atoms with E-state index in [1.54, 1.807) is 12.3 Å². The number of aryl methyl sites for hydroxylation is 1. The van der Waals surface area contributed by atoms with Gasteiger partial charge in [-0.25, -0.2) is 9.67 Å². The van der Waals surface area contributed by atoms with Crippen molar-refractivity contribution in [2.45, 2.75) is 32.5 Å². The Morgan fingerprint density at radius 1 is 1.36 bits per heavy atom. The fourth-order valence-corrected chi connectivity index (χ4v) is 3.25. The van der Waals surface area contributed by atoms with Gasteiger partial charge >= 0.3 is 0 Å². The van der Waals surface area contributed by atoms with Gasteiger partial charge in [0, 0.05) is 32.0 Å². The fourth-order valence-electron chi connectivity index (χ4n) is 3.25. The normalized spacial score (nSPS) is 20.2. The van der Waals surface area contributed by atoms with Crippen LogP contribution in [0, 0.1) is 5.92 Å². The van der Waals surface area contributed by atoms with Crippen LogP contribution in [0.15, 0.2) is 24.4 Å². The second kappa shape index (κ2) is 7.18. The molecule has 1 fully saturated rings. The Morgan fingerprint density at radius 3 is 3.12 bits per heavy atom. The second-order valence-corrected chi connectivity index (χ2v) is 6.34. The van der Waals surface area contributed by atoms with Crippen molar-refractivity contribution in [3.63, 3.8) is 0 Å². The van der Waals surface area contributed by atoms with Gasteiger partial charge in [0.15, 0.2) is 0 Å². The number of ether oxygens (including phenoxy) is 2. The minimum Gasteiger partial charge on any atom is -0.471 e. The van der Waals surface area contributed by atoms with Gasteiger partial charge in [0.05, 0.1) is 24.8 Å². The van der Waals surface area contributed by atoms with Crippen LogP contribution in [0.2, 0.25) is 0 Å². The van der Waals surface area contributed by atoms with Crippen LogP contribution in [0.1, 0.15) is 24.2 Å². The summed E-state index contributed by atoms with van der Waals surface area (Å²) in [6, 6.07) is 5.52. The number of amides is 1. The van der Waals surface area contributed by atoms with Crippen LogP contribution in [-0.2, 0) is 29.2 Å². The van der Waals surface area contributed by atoms with E-state index in [0.717, 1.165) is 37.3 Å². The molecule has 8 heteroatoms. The molecule has 0 N–H and O–H groups in total. The molecule has 0 unspecified atom stereocenters. The third-order valence-corrected chi connectivity index (χ3v) is 4.64. The minimum absolute atomic E-state index is 0.0179. The first-order valence-electron chi connectivity index (χ1n) is 8.63. The Hall–Kier alpha value is -2.48. The van der Waals surface area contributed by atoms with E-state index < -0.39 is 0 Å². The number of aromatic nitrogens is 4. The lowest BCUT2D eigenvalue weighted by Crippen LogP contribution is -2.36. The molecular formula is C17H21N5O3. The van der Waals surface area contributed by atoms with Gasteiger partial charge in [-0.2, -0.15) is 0 Å². The first-order valence-corrected chi connectivity index (χ1v) is 8.63. The van der Waals surface area contributed by atoms with Gasteiger partial charge in [0.2, 0.25) is 11.8 Å². The Balaban J connectivity index is 1.48. The molecule has 2 aromatic heterocycles. The first kappa shape index (κ1) is 16.0. The molecule has 4 rings (SSSR count). The number of hydrogen-bond acceptors (Lipinski definition) is 6. The second-order valence-electron chi connectivity index (χ2n) is 6.34. The number of nitrogens with zero attached hydrogens (tertiary/aromatic N) is 5. The van der Waals surface area contributed by atoms with E-state index in [1.165, 1.54) is 0 Å². The molecular weight excluding hydrogens is 322 g/mol. The minimum atomic E-state index is -0.0179. The van der Waals surface area contributed by atoms with Crippen molar-refractivity contribution < 1.29 is 14.3 Å². The third kappa shape index (κ3) is 3.48. The van der Waals surface area contributed by atoms with Crippen LogP contribution >= 0.6 is 0 Å². The Morgan fingerprint density at radius 2 is 2.32 bits per heavy atom. The van der Waals surface area contributed by atoms with Crippen molar-refractivity contribution >= 4 is 5.91 Å². The zero-order valence-electron chi connectivity index (χ0n) is 14.0.